The first-order chi connectivity index (χ1) is 9.45. The van der Waals surface area contributed by atoms with Crippen LogP contribution in [0.25, 0.3) is 0 Å². The molecule has 2 unspecified atom stereocenters. The number of aliphatic hydroxyl groups is 1. The quantitative estimate of drug-likeness (QED) is 0.743. The summed E-state index contributed by atoms with van der Waals surface area (Å²) < 4.78 is 23.8. The van der Waals surface area contributed by atoms with Crippen molar-refractivity contribution in [1.29, 1.82) is 0 Å². The highest BCUT2D eigenvalue weighted by molar-refractivity contribution is 5.80. The molecule has 0 saturated carbocycles. The first kappa shape index (κ1) is 16.4. The van der Waals surface area contributed by atoms with Crippen LogP contribution in [0, 0.1) is 5.82 Å². The first-order valence-corrected chi connectivity index (χ1v) is 6.36. The van der Waals surface area contributed by atoms with Crippen molar-refractivity contribution < 1.29 is 23.8 Å². The largest absolute Gasteiger partial charge is 0.478 e. The van der Waals surface area contributed by atoms with Gasteiger partial charge in [0.05, 0.1) is 12.7 Å². The van der Waals surface area contributed by atoms with Gasteiger partial charge in [-0.2, -0.15) is 0 Å². The molecule has 0 fully saturated rings. The van der Waals surface area contributed by atoms with Crippen molar-refractivity contribution in [3.8, 4) is 5.75 Å². The fourth-order valence-electron chi connectivity index (χ4n) is 1.54. The number of hydrogen-bond acceptors (Lipinski definition) is 4. The van der Waals surface area contributed by atoms with Crippen LogP contribution in [-0.4, -0.2) is 37.4 Å². The average molecular weight is 285 g/mol. The number of carbonyl (C=O) groups excluding carboxylic acids is 1. The van der Waals surface area contributed by atoms with Gasteiger partial charge in [0.15, 0.2) is 17.7 Å². The predicted octanol–water partition coefficient (Wildman–Crippen LogP) is 1.41. The summed E-state index contributed by atoms with van der Waals surface area (Å²) in [6, 6.07) is 4.14. The molecule has 0 aromatic heterocycles. The van der Waals surface area contributed by atoms with Gasteiger partial charge in [-0.15, -0.1) is 0 Å². The van der Waals surface area contributed by atoms with E-state index in [9.17, 15) is 14.3 Å². The second kappa shape index (κ2) is 7.81. The molecule has 1 aromatic rings. The van der Waals surface area contributed by atoms with Crippen LogP contribution in [0.15, 0.2) is 18.2 Å². The molecular weight excluding hydrogens is 265 g/mol. The van der Waals surface area contributed by atoms with Gasteiger partial charge in [0.2, 0.25) is 0 Å². The molecule has 0 aliphatic rings. The van der Waals surface area contributed by atoms with Crippen LogP contribution in [-0.2, 0) is 9.53 Å². The highest BCUT2D eigenvalue weighted by Crippen LogP contribution is 2.22. The third-order valence-electron chi connectivity index (χ3n) is 2.72. The molecule has 0 heterocycles. The molecule has 5 nitrogen and oxygen atoms in total. The number of methoxy groups -OCH3 is 1. The summed E-state index contributed by atoms with van der Waals surface area (Å²) in [5, 5.41) is 11.9. The van der Waals surface area contributed by atoms with Gasteiger partial charge < -0.3 is 19.9 Å². The summed E-state index contributed by atoms with van der Waals surface area (Å²) >= 11 is 0. The van der Waals surface area contributed by atoms with Crippen molar-refractivity contribution in [3.05, 3.63) is 29.6 Å². The molecule has 0 aliphatic heterocycles. The first-order valence-electron chi connectivity index (χ1n) is 6.36. The summed E-state index contributed by atoms with van der Waals surface area (Å²) in [7, 11) is 1.53. The van der Waals surface area contributed by atoms with Gasteiger partial charge in [0, 0.05) is 13.7 Å². The van der Waals surface area contributed by atoms with Gasteiger partial charge in [0.25, 0.3) is 5.91 Å². The molecule has 1 rings (SSSR count). The third kappa shape index (κ3) is 4.79. The molecule has 0 radical (unpaired) electrons. The lowest BCUT2D eigenvalue weighted by molar-refractivity contribution is -0.127. The number of nitrogens with one attached hydrogen (secondary N) is 1. The standard InChI is InChI=1S/C14H20FNO4/c1-9(17)11-4-5-13(12(15)8-11)20-10(2)14(18)16-6-7-19-3/h4-5,8-10,17H,6-7H2,1-3H3,(H,16,18). The van der Waals surface area contributed by atoms with Crippen LogP contribution in [0.2, 0.25) is 0 Å². The van der Waals surface area contributed by atoms with E-state index >= 15 is 0 Å². The van der Waals surface area contributed by atoms with Crippen LogP contribution < -0.4 is 10.1 Å². The number of carbonyl (C=O) groups is 1. The minimum absolute atomic E-state index is 0.0243. The van der Waals surface area contributed by atoms with E-state index in [1.54, 1.807) is 13.0 Å². The van der Waals surface area contributed by atoms with Gasteiger partial charge in [-0.1, -0.05) is 6.07 Å². The highest BCUT2D eigenvalue weighted by Gasteiger charge is 2.16. The Morgan fingerprint density at radius 2 is 2.15 bits per heavy atom. The molecule has 0 bridgehead atoms. The third-order valence-corrected chi connectivity index (χ3v) is 2.72. The van der Waals surface area contributed by atoms with Gasteiger partial charge in [0.1, 0.15) is 0 Å². The van der Waals surface area contributed by atoms with E-state index < -0.39 is 18.0 Å². The Morgan fingerprint density at radius 1 is 1.45 bits per heavy atom. The fraction of sp³-hybridized carbons (Fsp3) is 0.500. The van der Waals surface area contributed by atoms with Crippen molar-refractivity contribution in [2.24, 2.45) is 0 Å². The van der Waals surface area contributed by atoms with Gasteiger partial charge in [-0.05, 0) is 31.5 Å². The maximum Gasteiger partial charge on any atom is 0.260 e. The van der Waals surface area contributed by atoms with Crippen molar-refractivity contribution >= 4 is 5.91 Å². The monoisotopic (exact) mass is 285 g/mol. The Hall–Kier alpha value is -1.66. The van der Waals surface area contributed by atoms with Crippen LogP contribution in [0.3, 0.4) is 0 Å². The lowest BCUT2D eigenvalue weighted by Crippen LogP contribution is -2.38. The van der Waals surface area contributed by atoms with E-state index in [-0.39, 0.29) is 11.7 Å². The molecule has 0 aliphatic carbocycles. The smallest absolute Gasteiger partial charge is 0.260 e. The minimum atomic E-state index is -0.821. The number of hydrogen-bond donors (Lipinski definition) is 2. The lowest BCUT2D eigenvalue weighted by atomic mass is 10.1. The number of amides is 1. The van der Waals surface area contributed by atoms with Crippen LogP contribution in [0.5, 0.6) is 5.75 Å². The van der Waals surface area contributed by atoms with E-state index in [2.05, 4.69) is 5.32 Å². The number of aliphatic hydroxyl groups excluding tert-OH is 1. The number of benzene rings is 1. The average Bonchev–Trinajstić information content (AvgIpc) is 2.40. The molecule has 6 heteroatoms. The van der Waals surface area contributed by atoms with Gasteiger partial charge in [-0.3, -0.25) is 4.79 Å². The zero-order valence-corrected chi connectivity index (χ0v) is 11.9. The number of halogens is 1. The summed E-state index contributed by atoms with van der Waals surface area (Å²) in [4.78, 5) is 11.7. The van der Waals surface area contributed by atoms with E-state index in [4.69, 9.17) is 9.47 Å². The molecular formula is C14H20FNO4. The zero-order chi connectivity index (χ0) is 15.1. The normalized spacial score (nSPS) is 13.7. The molecule has 112 valence electrons. The van der Waals surface area contributed by atoms with E-state index in [1.807, 2.05) is 0 Å². The summed E-state index contributed by atoms with van der Waals surface area (Å²) in [6.45, 7) is 3.84. The molecule has 2 N–H and O–H groups in total. The van der Waals surface area contributed by atoms with Crippen LogP contribution in [0.1, 0.15) is 25.5 Å². The van der Waals surface area contributed by atoms with Crippen molar-refractivity contribution in [2.45, 2.75) is 26.1 Å². The van der Waals surface area contributed by atoms with E-state index in [0.717, 1.165) is 0 Å². The second-order valence-electron chi connectivity index (χ2n) is 4.41. The van der Waals surface area contributed by atoms with Gasteiger partial charge >= 0.3 is 0 Å². The fourth-order valence-corrected chi connectivity index (χ4v) is 1.54. The lowest BCUT2D eigenvalue weighted by Gasteiger charge is -2.16. The SMILES string of the molecule is COCCNC(=O)C(C)Oc1ccc(C(C)O)cc1F. The van der Waals surface area contributed by atoms with E-state index in [0.29, 0.717) is 18.7 Å². The van der Waals surface area contributed by atoms with Gasteiger partial charge in [-0.25, -0.2) is 4.39 Å². The Morgan fingerprint density at radius 3 is 2.70 bits per heavy atom. The topological polar surface area (TPSA) is 67.8 Å². The molecule has 0 spiro atoms. The molecule has 20 heavy (non-hydrogen) atoms. The van der Waals surface area contributed by atoms with Crippen molar-refractivity contribution in [2.75, 3.05) is 20.3 Å². The maximum atomic E-state index is 13.8. The summed E-state index contributed by atoms with van der Waals surface area (Å²) in [5.41, 5.74) is 0.451. The minimum Gasteiger partial charge on any atom is -0.478 e. The Bertz CT molecular complexity index is 451. The maximum absolute atomic E-state index is 13.8. The second-order valence-corrected chi connectivity index (χ2v) is 4.41. The van der Waals surface area contributed by atoms with Crippen molar-refractivity contribution in [1.82, 2.24) is 5.32 Å². The zero-order valence-electron chi connectivity index (χ0n) is 11.9. The number of ether oxygens (including phenoxy) is 2. The number of rotatable bonds is 7. The van der Waals surface area contributed by atoms with Crippen LogP contribution in [0.4, 0.5) is 4.39 Å². The Balaban J connectivity index is 2.61. The molecule has 1 aromatic carbocycles. The van der Waals surface area contributed by atoms with Crippen molar-refractivity contribution in [3.63, 3.8) is 0 Å². The summed E-state index contributed by atoms with van der Waals surface area (Å²) in [5.74, 6) is -0.982. The molecule has 1 amide bonds. The molecule has 0 saturated heterocycles. The van der Waals surface area contributed by atoms with Crippen LogP contribution >= 0.6 is 0 Å². The Kier molecular flexibility index (Phi) is 6.41. The summed E-state index contributed by atoms with van der Waals surface area (Å²) in [6.07, 6.45) is -1.58. The van der Waals surface area contributed by atoms with E-state index in [1.165, 1.54) is 26.2 Å². The predicted molar refractivity (Wildman–Crippen MR) is 72.0 cm³/mol. The molecule has 2 atom stereocenters. The highest BCUT2D eigenvalue weighted by atomic mass is 19.1. The Labute approximate surface area is 117 Å².